The number of fused-ring (bicyclic) bond motifs is 1. The van der Waals surface area contributed by atoms with Gasteiger partial charge in [-0.05, 0) is 25.0 Å². The molecule has 9 heteroatoms. The van der Waals surface area contributed by atoms with Crippen molar-refractivity contribution in [1.82, 2.24) is 29.9 Å². The third-order valence-corrected chi connectivity index (χ3v) is 6.18. The Balaban J connectivity index is 1.49. The summed E-state index contributed by atoms with van der Waals surface area (Å²) in [5.41, 5.74) is 0.814. The van der Waals surface area contributed by atoms with E-state index in [1.807, 2.05) is 17.1 Å². The molecule has 0 atom stereocenters. The number of piperidine rings is 1. The van der Waals surface area contributed by atoms with Crippen LogP contribution in [0.2, 0.25) is 0 Å². The van der Waals surface area contributed by atoms with Gasteiger partial charge in [0.1, 0.15) is 11.0 Å². The SMILES string of the molecule is CSc1nc2ncnc(N3CCC(Cn4ccnn4)CC3)c2s1. The lowest BCUT2D eigenvalue weighted by atomic mass is 9.97. The molecule has 0 amide bonds. The van der Waals surface area contributed by atoms with Gasteiger partial charge in [0.05, 0.1) is 6.20 Å². The fourth-order valence-corrected chi connectivity index (χ4v) is 4.49. The van der Waals surface area contributed by atoms with Crippen LogP contribution in [0.3, 0.4) is 0 Å². The second-order valence-corrected chi connectivity index (χ2v) is 7.64. The van der Waals surface area contributed by atoms with Crippen LogP contribution in [0.5, 0.6) is 0 Å². The topological polar surface area (TPSA) is 72.6 Å². The number of thiazole rings is 1. The van der Waals surface area contributed by atoms with Crippen molar-refractivity contribution >= 4 is 39.3 Å². The molecule has 0 unspecified atom stereocenters. The van der Waals surface area contributed by atoms with Crippen LogP contribution in [0.1, 0.15) is 12.8 Å². The Bertz CT molecular complexity index is 778. The number of hydrogen-bond acceptors (Lipinski definition) is 8. The van der Waals surface area contributed by atoms with E-state index in [4.69, 9.17) is 0 Å². The van der Waals surface area contributed by atoms with Crippen molar-refractivity contribution < 1.29 is 0 Å². The Labute approximate surface area is 142 Å². The second kappa shape index (κ2) is 6.40. The molecule has 0 bridgehead atoms. The van der Waals surface area contributed by atoms with Crippen molar-refractivity contribution in [3.63, 3.8) is 0 Å². The number of rotatable bonds is 4. The van der Waals surface area contributed by atoms with Crippen molar-refractivity contribution in [2.75, 3.05) is 24.2 Å². The van der Waals surface area contributed by atoms with Crippen molar-refractivity contribution in [3.05, 3.63) is 18.7 Å². The maximum atomic E-state index is 4.54. The zero-order valence-corrected chi connectivity index (χ0v) is 14.4. The summed E-state index contributed by atoms with van der Waals surface area (Å²) in [5, 5.41) is 7.94. The van der Waals surface area contributed by atoms with Gasteiger partial charge in [0, 0.05) is 25.8 Å². The largest absolute Gasteiger partial charge is 0.355 e. The number of anilines is 1. The van der Waals surface area contributed by atoms with Gasteiger partial charge in [-0.3, -0.25) is 4.68 Å². The third kappa shape index (κ3) is 3.02. The molecule has 3 aromatic heterocycles. The van der Waals surface area contributed by atoms with E-state index in [0.717, 1.165) is 53.0 Å². The number of aromatic nitrogens is 6. The second-order valence-electron chi connectivity index (χ2n) is 5.59. The molecule has 4 rings (SSSR count). The summed E-state index contributed by atoms with van der Waals surface area (Å²) < 4.78 is 4.08. The minimum atomic E-state index is 0.647. The quantitative estimate of drug-likeness (QED) is 0.671. The van der Waals surface area contributed by atoms with E-state index in [1.165, 1.54) is 0 Å². The van der Waals surface area contributed by atoms with Crippen molar-refractivity contribution in [2.24, 2.45) is 5.92 Å². The first-order valence-electron chi connectivity index (χ1n) is 7.58. The Morgan fingerprint density at radius 3 is 2.91 bits per heavy atom. The van der Waals surface area contributed by atoms with Gasteiger partial charge < -0.3 is 4.90 Å². The van der Waals surface area contributed by atoms with E-state index in [9.17, 15) is 0 Å². The van der Waals surface area contributed by atoms with E-state index in [0.29, 0.717) is 5.92 Å². The average Bonchev–Trinajstić information content (AvgIpc) is 3.24. The Kier molecular flexibility index (Phi) is 4.13. The lowest BCUT2D eigenvalue weighted by Gasteiger charge is -2.32. The summed E-state index contributed by atoms with van der Waals surface area (Å²) in [7, 11) is 0. The van der Waals surface area contributed by atoms with Gasteiger partial charge in [-0.2, -0.15) is 0 Å². The molecule has 1 aliphatic rings. The number of hydrogen-bond donors (Lipinski definition) is 0. The highest BCUT2D eigenvalue weighted by Crippen LogP contribution is 2.34. The molecule has 1 saturated heterocycles. The smallest absolute Gasteiger partial charge is 0.176 e. The molecule has 120 valence electrons. The van der Waals surface area contributed by atoms with Crippen molar-refractivity contribution in [1.29, 1.82) is 0 Å². The monoisotopic (exact) mass is 347 g/mol. The predicted octanol–water partition coefficient (Wildman–Crippen LogP) is 2.32. The van der Waals surface area contributed by atoms with E-state index in [-0.39, 0.29) is 0 Å². The summed E-state index contributed by atoms with van der Waals surface area (Å²) in [4.78, 5) is 15.7. The third-order valence-electron chi connectivity index (χ3n) is 4.16. The zero-order valence-electron chi connectivity index (χ0n) is 12.8. The molecule has 1 aliphatic heterocycles. The number of thioether (sulfide) groups is 1. The molecule has 0 N–H and O–H groups in total. The van der Waals surface area contributed by atoms with E-state index in [1.54, 1.807) is 35.6 Å². The Morgan fingerprint density at radius 2 is 2.17 bits per heavy atom. The Hall–Kier alpha value is -1.74. The van der Waals surface area contributed by atoms with Gasteiger partial charge in [0.25, 0.3) is 0 Å². The van der Waals surface area contributed by atoms with Crippen LogP contribution in [0.25, 0.3) is 10.3 Å². The molecular formula is C14H17N7S2. The van der Waals surface area contributed by atoms with Gasteiger partial charge in [0.2, 0.25) is 0 Å². The van der Waals surface area contributed by atoms with Crippen LogP contribution in [0, 0.1) is 5.92 Å². The van der Waals surface area contributed by atoms with Gasteiger partial charge >= 0.3 is 0 Å². The fraction of sp³-hybridized carbons (Fsp3) is 0.500. The summed E-state index contributed by atoms with van der Waals surface area (Å²) in [6.07, 6.45) is 9.62. The van der Waals surface area contributed by atoms with Crippen LogP contribution in [-0.2, 0) is 6.54 Å². The van der Waals surface area contributed by atoms with E-state index >= 15 is 0 Å². The first-order valence-corrected chi connectivity index (χ1v) is 9.62. The highest BCUT2D eigenvalue weighted by molar-refractivity contribution is 8.00. The molecule has 0 spiro atoms. The first-order chi connectivity index (χ1) is 11.3. The molecule has 4 heterocycles. The average molecular weight is 347 g/mol. The van der Waals surface area contributed by atoms with E-state index < -0.39 is 0 Å². The molecule has 3 aromatic rings. The standard InChI is InChI=1S/C14H17N7S2/c1-22-14-18-12-11(23-14)13(16-9-15-12)20-5-2-10(3-6-20)8-21-7-4-17-19-21/h4,7,9-10H,2-3,5-6,8H2,1H3. The highest BCUT2D eigenvalue weighted by Gasteiger charge is 2.23. The van der Waals surface area contributed by atoms with Crippen LogP contribution in [0.15, 0.2) is 23.1 Å². The summed E-state index contributed by atoms with van der Waals surface area (Å²) >= 11 is 3.34. The molecule has 1 fully saturated rings. The van der Waals surface area contributed by atoms with Gasteiger partial charge in [0.15, 0.2) is 15.8 Å². The first kappa shape index (κ1) is 14.8. The normalized spacial score (nSPS) is 16.3. The van der Waals surface area contributed by atoms with Crippen LogP contribution in [0.4, 0.5) is 5.82 Å². The minimum Gasteiger partial charge on any atom is -0.355 e. The minimum absolute atomic E-state index is 0.647. The van der Waals surface area contributed by atoms with Crippen LogP contribution in [-0.4, -0.2) is 49.3 Å². The zero-order chi connectivity index (χ0) is 15.6. The summed E-state index contributed by atoms with van der Waals surface area (Å²) in [5.74, 6) is 1.68. The van der Waals surface area contributed by atoms with Gasteiger partial charge in [-0.15, -0.1) is 16.4 Å². The summed E-state index contributed by atoms with van der Waals surface area (Å²) in [6, 6.07) is 0. The van der Waals surface area contributed by atoms with Crippen LogP contribution >= 0.6 is 23.1 Å². The fourth-order valence-electron chi connectivity index (χ4n) is 2.96. The van der Waals surface area contributed by atoms with Crippen molar-refractivity contribution in [3.8, 4) is 0 Å². The molecule has 0 radical (unpaired) electrons. The molecular weight excluding hydrogens is 330 g/mol. The van der Waals surface area contributed by atoms with Crippen molar-refractivity contribution in [2.45, 2.75) is 23.7 Å². The molecule has 7 nitrogen and oxygen atoms in total. The van der Waals surface area contributed by atoms with E-state index in [2.05, 4.69) is 30.2 Å². The highest BCUT2D eigenvalue weighted by atomic mass is 32.2. The van der Waals surface area contributed by atoms with Crippen LogP contribution < -0.4 is 4.90 Å². The van der Waals surface area contributed by atoms with Gasteiger partial charge in [-0.25, -0.2) is 15.0 Å². The molecule has 0 saturated carbocycles. The Morgan fingerprint density at radius 1 is 1.30 bits per heavy atom. The van der Waals surface area contributed by atoms with Gasteiger partial charge in [-0.1, -0.05) is 17.0 Å². The molecule has 23 heavy (non-hydrogen) atoms. The predicted molar refractivity (Wildman–Crippen MR) is 92.0 cm³/mol. The lowest BCUT2D eigenvalue weighted by Crippen LogP contribution is -2.35. The molecule has 0 aliphatic carbocycles. The maximum absolute atomic E-state index is 4.54. The number of nitrogens with zero attached hydrogens (tertiary/aromatic N) is 7. The molecule has 0 aromatic carbocycles. The lowest BCUT2D eigenvalue weighted by molar-refractivity contribution is 0.338. The summed E-state index contributed by atoms with van der Waals surface area (Å²) in [6.45, 7) is 2.97. The maximum Gasteiger partial charge on any atom is 0.176 e.